The van der Waals surface area contributed by atoms with Crippen LogP contribution >= 0.6 is 0 Å². The van der Waals surface area contributed by atoms with E-state index in [9.17, 15) is 4.79 Å². The molecule has 188 valence electrons. The number of nitrogens with one attached hydrogen (secondary N) is 2. The van der Waals surface area contributed by atoms with Crippen molar-refractivity contribution in [2.24, 2.45) is 5.92 Å². The Hall–Kier alpha value is -4.33. The number of methoxy groups -OCH3 is 1. The maximum Gasteiger partial charge on any atom is 0.251 e. The molecule has 0 saturated heterocycles. The average molecular weight is 495 g/mol. The zero-order valence-electron chi connectivity index (χ0n) is 20.8. The van der Waals surface area contributed by atoms with E-state index in [0.29, 0.717) is 35.5 Å². The van der Waals surface area contributed by atoms with E-state index in [-0.39, 0.29) is 5.91 Å². The van der Waals surface area contributed by atoms with Crippen LogP contribution in [-0.2, 0) is 0 Å². The third-order valence-electron chi connectivity index (χ3n) is 7.49. The van der Waals surface area contributed by atoms with Crippen molar-refractivity contribution < 1.29 is 9.53 Å². The Morgan fingerprint density at radius 2 is 1.97 bits per heavy atom. The third-order valence-corrected chi connectivity index (χ3v) is 7.49. The molecule has 37 heavy (non-hydrogen) atoms. The topological polar surface area (TPSA) is 110 Å². The van der Waals surface area contributed by atoms with Crippen molar-refractivity contribution >= 4 is 28.1 Å². The summed E-state index contributed by atoms with van der Waals surface area (Å²) in [6.07, 6.45) is 7.77. The van der Waals surface area contributed by atoms with Crippen LogP contribution in [0.5, 0.6) is 5.75 Å². The number of anilines is 1. The van der Waals surface area contributed by atoms with E-state index in [4.69, 9.17) is 15.5 Å². The van der Waals surface area contributed by atoms with Crippen LogP contribution in [-0.4, -0.2) is 38.9 Å². The summed E-state index contributed by atoms with van der Waals surface area (Å²) in [5.41, 5.74) is 10.7. The number of hydrogen-bond donors (Lipinski definition) is 3. The van der Waals surface area contributed by atoms with E-state index in [1.54, 1.807) is 19.4 Å². The highest BCUT2D eigenvalue weighted by atomic mass is 16.5. The predicted octanol–water partition coefficient (Wildman–Crippen LogP) is 5.17. The van der Waals surface area contributed by atoms with Crippen LogP contribution in [0, 0.1) is 5.92 Å². The molecule has 4 N–H and O–H groups in total. The van der Waals surface area contributed by atoms with E-state index < -0.39 is 0 Å². The minimum Gasteiger partial charge on any atom is -0.497 e. The number of carbonyl (C=O) groups excluding carboxylic acids is 1. The Labute approximate surface area is 214 Å². The number of nitrogens with zero attached hydrogens (tertiary/aromatic N) is 3. The largest absolute Gasteiger partial charge is 0.497 e. The summed E-state index contributed by atoms with van der Waals surface area (Å²) in [5.74, 6) is 2.88. The summed E-state index contributed by atoms with van der Waals surface area (Å²) in [7, 11) is 1.60. The number of nitrogens with two attached hydrogens (primary N) is 1. The van der Waals surface area contributed by atoms with E-state index in [1.165, 1.54) is 0 Å². The van der Waals surface area contributed by atoms with Gasteiger partial charge in [-0.25, -0.2) is 9.97 Å². The number of rotatable bonds is 6. The number of carbonyl (C=O) groups is 1. The van der Waals surface area contributed by atoms with Gasteiger partial charge < -0.3 is 20.8 Å². The predicted molar refractivity (Wildman–Crippen MR) is 145 cm³/mol. The molecule has 8 heteroatoms. The Morgan fingerprint density at radius 3 is 2.78 bits per heavy atom. The monoisotopic (exact) mass is 494 g/mol. The van der Waals surface area contributed by atoms with Crippen molar-refractivity contribution in [3.05, 3.63) is 78.4 Å². The quantitative estimate of drug-likeness (QED) is 0.302. The van der Waals surface area contributed by atoms with Gasteiger partial charge in [0.05, 0.1) is 12.8 Å². The lowest BCUT2D eigenvalue weighted by Crippen LogP contribution is -2.31. The molecule has 0 radical (unpaired) electrons. The van der Waals surface area contributed by atoms with Gasteiger partial charge in [-0.1, -0.05) is 24.3 Å². The molecule has 0 unspecified atom stereocenters. The minimum atomic E-state index is -0.0637. The molecule has 0 bridgehead atoms. The van der Waals surface area contributed by atoms with E-state index in [2.05, 4.69) is 37.9 Å². The van der Waals surface area contributed by atoms with Gasteiger partial charge >= 0.3 is 0 Å². The highest BCUT2D eigenvalue weighted by molar-refractivity contribution is 5.94. The summed E-state index contributed by atoms with van der Waals surface area (Å²) < 4.78 is 7.34. The number of aromatic amines is 1. The first kappa shape index (κ1) is 23.1. The number of amides is 1. The van der Waals surface area contributed by atoms with Gasteiger partial charge in [0.1, 0.15) is 28.6 Å². The smallest absolute Gasteiger partial charge is 0.251 e. The number of para-hydroxylation sites is 1. The highest BCUT2D eigenvalue weighted by Gasteiger charge is 2.28. The van der Waals surface area contributed by atoms with Gasteiger partial charge in [-0.2, -0.15) is 0 Å². The van der Waals surface area contributed by atoms with Crippen LogP contribution in [0.15, 0.2) is 67.0 Å². The lowest BCUT2D eigenvalue weighted by molar-refractivity contribution is 0.0942. The van der Waals surface area contributed by atoms with Crippen LogP contribution in [0.25, 0.3) is 27.8 Å². The maximum atomic E-state index is 12.6. The van der Waals surface area contributed by atoms with Crippen molar-refractivity contribution in [1.82, 2.24) is 24.7 Å². The fraction of sp³-hybridized carbons (Fsp3) is 0.276. The van der Waals surface area contributed by atoms with Crippen LogP contribution in [0.4, 0.5) is 5.82 Å². The lowest BCUT2D eigenvalue weighted by atomic mass is 9.81. The van der Waals surface area contributed by atoms with Gasteiger partial charge in [0.2, 0.25) is 0 Å². The molecular formula is C29H30N6O2. The Bertz CT molecular complexity index is 1550. The van der Waals surface area contributed by atoms with Gasteiger partial charge in [-0.3, -0.25) is 9.20 Å². The van der Waals surface area contributed by atoms with E-state index in [0.717, 1.165) is 59.3 Å². The van der Waals surface area contributed by atoms with Crippen LogP contribution in [0.3, 0.4) is 0 Å². The van der Waals surface area contributed by atoms with Crippen molar-refractivity contribution in [3.8, 4) is 17.1 Å². The second-order valence-corrected chi connectivity index (χ2v) is 9.78. The van der Waals surface area contributed by atoms with Crippen molar-refractivity contribution in [3.63, 3.8) is 0 Å². The zero-order valence-corrected chi connectivity index (χ0v) is 20.8. The second kappa shape index (κ2) is 9.61. The highest BCUT2D eigenvalue weighted by Crippen LogP contribution is 2.38. The van der Waals surface area contributed by atoms with Gasteiger partial charge in [-0.15, -0.1) is 0 Å². The van der Waals surface area contributed by atoms with Gasteiger partial charge in [0, 0.05) is 41.3 Å². The fourth-order valence-corrected chi connectivity index (χ4v) is 5.49. The molecule has 2 aromatic carbocycles. The van der Waals surface area contributed by atoms with Crippen LogP contribution in [0.2, 0.25) is 0 Å². The molecule has 6 rings (SSSR count). The Balaban J connectivity index is 1.18. The Kier molecular flexibility index (Phi) is 6.00. The number of ether oxygens (including phenoxy) is 1. The summed E-state index contributed by atoms with van der Waals surface area (Å²) in [5, 5.41) is 4.24. The average Bonchev–Trinajstić information content (AvgIpc) is 3.55. The number of aromatic nitrogens is 4. The van der Waals surface area contributed by atoms with Gasteiger partial charge in [-0.05, 0) is 61.9 Å². The molecule has 8 nitrogen and oxygen atoms in total. The van der Waals surface area contributed by atoms with Crippen molar-refractivity contribution in [2.45, 2.75) is 31.6 Å². The van der Waals surface area contributed by atoms with Crippen molar-refractivity contribution in [2.75, 3.05) is 19.4 Å². The molecule has 3 aromatic heterocycles. The SMILES string of the molecule is COc1cccc(C(=O)NC[C@H]2CC[C@H](c3nc(-c4cc5ccccc5[nH]4)c4c(N)nccn43)CC2)c1. The normalized spacial score (nSPS) is 17.8. The molecule has 0 spiro atoms. The Morgan fingerprint density at radius 1 is 1.14 bits per heavy atom. The van der Waals surface area contributed by atoms with Gasteiger partial charge in [0.15, 0.2) is 0 Å². The third kappa shape index (κ3) is 4.39. The van der Waals surface area contributed by atoms with Crippen LogP contribution < -0.4 is 15.8 Å². The maximum absolute atomic E-state index is 12.6. The second-order valence-electron chi connectivity index (χ2n) is 9.78. The summed E-state index contributed by atoms with van der Waals surface area (Å²) in [6.45, 7) is 0.669. The molecule has 3 heterocycles. The lowest BCUT2D eigenvalue weighted by Gasteiger charge is -2.28. The van der Waals surface area contributed by atoms with Crippen molar-refractivity contribution in [1.29, 1.82) is 0 Å². The molecule has 1 aliphatic rings. The first-order chi connectivity index (χ1) is 18.1. The molecule has 1 aliphatic carbocycles. The number of hydrogen-bond acceptors (Lipinski definition) is 5. The van der Waals surface area contributed by atoms with Gasteiger partial charge in [0.25, 0.3) is 5.91 Å². The number of nitrogen functional groups attached to an aromatic ring is 1. The minimum absolute atomic E-state index is 0.0637. The molecule has 1 amide bonds. The molecule has 0 atom stereocenters. The zero-order chi connectivity index (χ0) is 25.4. The summed E-state index contributed by atoms with van der Waals surface area (Å²) in [4.78, 5) is 25.6. The molecule has 1 saturated carbocycles. The number of imidazole rings is 1. The number of benzene rings is 2. The fourth-order valence-electron chi connectivity index (χ4n) is 5.49. The van der Waals surface area contributed by atoms with Crippen LogP contribution in [0.1, 0.15) is 47.8 Å². The summed E-state index contributed by atoms with van der Waals surface area (Å²) >= 11 is 0. The molecular weight excluding hydrogens is 464 g/mol. The standard InChI is InChI=1S/C29H30N6O2/c1-37-22-7-4-6-21(15-22)29(36)32-17-18-9-11-19(12-10-18)28-34-25(26-27(30)31-13-14-35(26)28)24-16-20-5-2-3-8-23(20)33-24/h2-8,13-16,18-19,33H,9-12,17H2,1H3,(H2,30,31)(H,32,36)/t18-,19-. The summed E-state index contributed by atoms with van der Waals surface area (Å²) in [6, 6.07) is 17.6. The van der Waals surface area contributed by atoms with E-state index >= 15 is 0 Å². The van der Waals surface area contributed by atoms with E-state index in [1.807, 2.05) is 36.5 Å². The first-order valence-electron chi connectivity index (χ1n) is 12.7. The molecule has 1 fully saturated rings. The number of fused-ring (bicyclic) bond motifs is 2. The first-order valence-corrected chi connectivity index (χ1v) is 12.7. The molecule has 5 aromatic rings. The molecule has 0 aliphatic heterocycles. The number of H-pyrrole nitrogens is 1.